The van der Waals surface area contributed by atoms with Crippen LogP contribution in [0.15, 0.2) is 52.8 Å². The van der Waals surface area contributed by atoms with Gasteiger partial charge in [-0.2, -0.15) is 0 Å². The molecule has 0 aliphatic carbocycles. The van der Waals surface area contributed by atoms with Crippen LogP contribution in [-0.4, -0.2) is 61.6 Å². The van der Waals surface area contributed by atoms with Crippen LogP contribution < -0.4 is 10.1 Å². The van der Waals surface area contributed by atoms with Crippen molar-refractivity contribution in [2.24, 2.45) is 10.9 Å². The maximum atomic E-state index is 6.13. The molecular formula is C24H34N4OS. The number of ether oxygens (including phenoxy) is 1. The number of thiophene rings is 1. The Morgan fingerprint density at radius 3 is 2.47 bits per heavy atom. The van der Waals surface area contributed by atoms with Crippen LogP contribution in [0.1, 0.15) is 30.6 Å². The summed E-state index contributed by atoms with van der Waals surface area (Å²) >= 11 is 1.87. The Labute approximate surface area is 184 Å². The fraction of sp³-hybridized carbons (Fsp3) is 0.542. The lowest BCUT2D eigenvalue weighted by atomic mass is 9.97. The molecule has 1 aromatic carbocycles. The fourth-order valence-electron chi connectivity index (χ4n) is 4.42. The van der Waals surface area contributed by atoms with Crippen molar-refractivity contribution in [3.05, 3.63) is 52.7 Å². The van der Waals surface area contributed by atoms with Crippen molar-refractivity contribution in [1.29, 1.82) is 0 Å². The Balaban J connectivity index is 1.16. The summed E-state index contributed by atoms with van der Waals surface area (Å²) in [4.78, 5) is 11.0. The summed E-state index contributed by atoms with van der Waals surface area (Å²) < 4.78 is 6.13. The van der Waals surface area contributed by atoms with Gasteiger partial charge in [-0.3, -0.25) is 9.89 Å². The number of benzene rings is 1. The molecule has 0 radical (unpaired) electrons. The Hall–Kier alpha value is -2.05. The minimum absolute atomic E-state index is 0.300. The van der Waals surface area contributed by atoms with Gasteiger partial charge in [-0.25, -0.2) is 0 Å². The van der Waals surface area contributed by atoms with E-state index in [0.717, 1.165) is 56.6 Å². The number of nitrogens with one attached hydrogen (secondary N) is 1. The van der Waals surface area contributed by atoms with E-state index < -0.39 is 0 Å². The first-order valence-electron chi connectivity index (χ1n) is 11.2. The number of rotatable bonds is 6. The molecule has 0 saturated carbocycles. The van der Waals surface area contributed by atoms with E-state index in [9.17, 15) is 0 Å². The molecule has 2 aliphatic heterocycles. The molecule has 0 unspecified atom stereocenters. The number of guanidine groups is 1. The third-order valence-electron chi connectivity index (χ3n) is 6.21. The summed E-state index contributed by atoms with van der Waals surface area (Å²) in [6.07, 6.45) is 4.91. The van der Waals surface area contributed by atoms with Gasteiger partial charge in [0.1, 0.15) is 11.9 Å². The van der Waals surface area contributed by atoms with Crippen LogP contribution in [0.2, 0.25) is 0 Å². The van der Waals surface area contributed by atoms with E-state index in [1.54, 1.807) is 0 Å². The Bertz CT molecular complexity index is 764. The summed E-state index contributed by atoms with van der Waals surface area (Å²) in [5.74, 6) is 2.76. The molecule has 2 saturated heterocycles. The number of aliphatic imine (C=N–C) groups is 1. The normalized spacial score (nSPS) is 19.8. The zero-order valence-electron chi connectivity index (χ0n) is 18.0. The van der Waals surface area contributed by atoms with Gasteiger partial charge in [0.25, 0.3) is 0 Å². The van der Waals surface area contributed by atoms with Crippen LogP contribution in [0.25, 0.3) is 0 Å². The highest BCUT2D eigenvalue weighted by Gasteiger charge is 2.24. The van der Waals surface area contributed by atoms with Crippen molar-refractivity contribution in [3.8, 4) is 5.75 Å². The SMILES string of the molecule is CN=C(NCC1CCN(Cc2cccs2)CC1)N1CCC(Oc2ccccc2)CC1. The zero-order chi connectivity index (χ0) is 20.6. The average Bonchev–Trinajstić information content (AvgIpc) is 3.30. The molecular weight excluding hydrogens is 392 g/mol. The molecule has 162 valence electrons. The fourth-order valence-corrected chi connectivity index (χ4v) is 5.16. The minimum atomic E-state index is 0.300. The van der Waals surface area contributed by atoms with Crippen molar-refractivity contribution >= 4 is 17.3 Å². The molecule has 1 N–H and O–H groups in total. The highest BCUT2D eigenvalue weighted by atomic mass is 32.1. The molecule has 0 spiro atoms. The molecule has 2 fully saturated rings. The molecule has 6 heteroatoms. The molecule has 4 rings (SSSR count). The summed E-state index contributed by atoms with van der Waals surface area (Å²) in [6, 6.07) is 14.6. The third kappa shape index (κ3) is 5.99. The van der Waals surface area contributed by atoms with Crippen molar-refractivity contribution in [2.45, 2.75) is 38.3 Å². The second-order valence-corrected chi connectivity index (χ2v) is 9.38. The first kappa shape index (κ1) is 21.2. The van der Waals surface area contributed by atoms with E-state index in [-0.39, 0.29) is 0 Å². The highest BCUT2D eigenvalue weighted by molar-refractivity contribution is 7.09. The smallest absolute Gasteiger partial charge is 0.193 e. The van der Waals surface area contributed by atoms with Crippen molar-refractivity contribution in [1.82, 2.24) is 15.1 Å². The van der Waals surface area contributed by atoms with Gasteiger partial charge in [-0.15, -0.1) is 11.3 Å². The molecule has 0 atom stereocenters. The number of piperidine rings is 2. The molecule has 2 aromatic rings. The topological polar surface area (TPSA) is 40.1 Å². The zero-order valence-corrected chi connectivity index (χ0v) is 18.8. The molecule has 5 nitrogen and oxygen atoms in total. The quantitative estimate of drug-likeness (QED) is 0.558. The van der Waals surface area contributed by atoms with E-state index in [1.807, 2.05) is 48.7 Å². The van der Waals surface area contributed by atoms with E-state index in [1.165, 1.54) is 30.8 Å². The number of para-hydroxylation sites is 1. The molecule has 2 aliphatic rings. The number of nitrogens with zero attached hydrogens (tertiary/aromatic N) is 3. The second-order valence-electron chi connectivity index (χ2n) is 8.34. The lowest BCUT2D eigenvalue weighted by Crippen LogP contribution is -2.49. The van der Waals surface area contributed by atoms with Crippen LogP contribution in [0, 0.1) is 5.92 Å². The monoisotopic (exact) mass is 426 g/mol. The molecule has 1 aromatic heterocycles. The first-order valence-corrected chi connectivity index (χ1v) is 12.1. The van der Waals surface area contributed by atoms with Gasteiger partial charge in [0, 0.05) is 50.9 Å². The number of likely N-dealkylation sites (tertiary alicyclic amines) is 2. The van der Waals surface area contributed by atoms with Crippen molar-refractivity contribution < 1.29 is 4.74 Å². The van der Waals surface area contributed by atoms with Gasteiger partial charge in [-0.1, -0.05) is 24.3 Å². The van der Waals surface area contributed by atoms with Crippen molar-refractivity contribution in [3.63, 3.8) is 0 Å². The first-order chi connectivity index (χ1) is 14.8. The maximum Gasteiger partial charge on any atom is 0.193 e. The van der Waals surface area contributed by atoms with Crippen LogP contribution in [0.3, 0.4) is 0 Å². The Morgan fingerprint density at radius 2 is 1.80 bits per heavy atom. The predicted molar refractivity (Wildman–Crippen MR) is 125 cm³/mol. The Kier molecular flexibility index (Phi) is 7.65. The van der Waals surface area contributed by atoms with Gasteiger partial charge in [0.15, 0.2) is 5.96 Å². The van der Waals surface area contributed by atoms with E-state index >= 15 is 0 Å². The molecule has 30 heavy (non-hydrogen) atoms. The average molecular weight is 427 g/mol. The van der Waals surface area contributed by atoms with Crippen LogP contribution >= 0.6 is 11.3 Å². The molecule has 3 heterocycles. The molecule has 0 bridgehead atoms. The second kappa shape index (κ2) is 10.8. The van der Waals surface area contributed by atoms with Gasteiger partial charge < -0.3 is 15.0 Å². The predicted octanol–water partition coefficient (Wildman–Crippen LogP) is 4.08. The standard InChI is InChI=1S/C24H34N4OS/c1-25-24(28-15-11-22(12-16-28)29-21-6-3-2-4-7-21)26-18-20-9-13-27(14-10-20)19-23-8-5-17-30-23/h2-8,17,20,22H,9-16,18-19H2,1H3,(H,25,26). The van der Waals surface area contributed by atoms with Crippen LogP contribution in [0.5, 0.6) is 5.75 Å². The van der Waals surface area contributed by atoms with Gasteiger partial charge in [0.05, 0.1) is 0 Å². The highest BCUT2D eigenvalue weighted by Crippen LogP contribution is 2.21. The van der Waals surface area contributed by atoms with E-state index in [4.69, 9.17) is 4.74 Å². The minimum Gasteiger partial charge on any atom is -0.490 e. The lowest BCUT2D eigenvalue weighted by molar-refractivity contribution is 0.129. The number of hydrogen-bond acceptors (Lipinski definition) is 4. The van der Waals surface area contributed by atoms with Crippen LogP contribution in [-0.2, 0) is 6.54 Å². The van der Waals surface area contributed by atoms with Gasteiger partial charge >= 0.3 is 0 Å². The summed E-state index contributed by atoms with van der Waals surface area (Å²) in [5, 5.41) is 5.83. The molecule has 0 amide bonds. The van der Waals surface area contributed by atoms with E-state index in [2.05, 4.69) is 37.6 Å². The summed E-state index contributed by atoms with van der Waals surface area (Å²) in [6.45, 7) is 6.53. The maximum absolute atomic E-state index is 6.13. The van der Waals surface area contributed by atoms with Crippen molar-refractivity contribution in [2.75, 3.05) is 39.8 Å². The van der Waals surface area contributed by atoms with Gasteiger partial charge in [-0.05, 0) is 55.4 Å². The van der Waals surface area contributed by atoms with E-state index in [0.29, 0.717) is 6.10 Å². The number of hydrogen-bond donors (Lipinski definition) is 1. The van der Waals surface area contributed by atoms with Crippen LogP contribution in [0.4, 0.5) is 0 Å². The lowest BCUT2D eigenvalue weighted by Gasteiger charge is -2.36. The summed E-state index contributed by atoms with van der Waals surface area (Å²) in [7, 11) is 1.90. The third-order valence-corrected chi connectivity index (χ3v) is 7.08. The largest absolute Gasteiger partial charge is 0.490 e. The Morgan fingerprint density at radius 1 is 1.03 bits per heavy atom. The summed E-state index contributed by atoms with van der Waals surface area (Å²) in [5.41, 5.74) is 0. The van der Waals surface area contributed by atoms with Gasteiger partial charge in [0.2, 0.25) is 0 Å².